The van der Waals surface area contributed by atoms with Gasteiger partial charge in [0.05, 0.1) is 11.3 Å². The second-order valence-corrected chi connectivity index (χ2v) is 3.55. The first-order valence-electron chi connectivity index (χ1n) is 5.02. The Balaban J connectivity index is 2.02. The van der Waals surface area contributed by atoms with Crippen molar-refractivity contribution in [1.29, 1.82) is 0 Å². The number of hydroxylamine groups is 2. The van der Waals surface area contributed by atoms with E-state index in [1.165, 1.54) is 6.08 Å². The molecule has 0 saturated heterocycles. The van der Waals surface area contributed by atoms with Crippen LogP contribution in [-0.4, -0.2) is 10.8 Å². The largest absolute Gasteiger partial charge is 0.374 e. The lowest BCUT2D eigenvalue weighted by Gasteiger charge is -2.16. The highest BCUT2D eigenvalue weighted by Gasteiger charge is 2.23. The van der Waals surface area contributed by atoms with Crippen molar-refractivity contribution in [2.24, 2.45) is 0 Å². The monoisotopic (exact) mass is 211 g/mol. The molecule has 0 unspecified atom stereocenters. The lowest BCUT2D eigenvalue weighted by atomic mass is 10.0. The van der Waals surface area contributed by atoms with Crippen molar-refractivity contribution in [3.63, 3.8) is 0 Å². The van der Waals surface area contributed by atoms with Gasteiger partial charge in [0.2, 0.25) is 0 Å². The van der Waals surface area contributed by atoms with E-state index in [1.807, 2.05) is 36.6 Å². The second-order valence-electron chi connectivity index (χ2n) is 3.55. The summed E-state index contributed by atoms with van der Waals surface area (Å²) in [6.45, 7) is 0. The van der Waals surface area contributed by atoms with Gasteiger partial charge in [-0.05, 0) is 24.3 Å². The van der Waals surface area contributed by atoms with Crippen molar-refractivity contribution in [2.45, 2.75) is 0 Å². The quantitative estimate of drug-likeness (QED) is 0.575. The van der Waals surface area contributed by atoms with Gasteiger partial charge in [0, 0.05) is 12.3 Å². The van der Waals surface area contributed by atoms with E-state index in [1.54, 1.807) is 17.2 Å². The molecule has 78 valence electrons. The molecule has 2 aliphatic heterocycles. The zero-order chi connectivity index (χ0) is 11.0. The minimum Gasteiger partial charge on any atom is -0.374 e. The highest BCUT2D eigenvalue weighted by atomic mass is 16.7. The molecule has 3 rings (SSSR count). The Bertz CT molecular complexity index is 530. The molecule has 0 aromatic rings. The molecule has 0 saturated carbocycles. The van der Waals surface area contributed by atoms with Crippen molar-refractivity contribution < 1.29 is 9.63 Å². The fourth-order valence-electron chi connectivity index (χ4n) is 1.70. The molecule has 0 amide bonds. The van der Waals surface area contributed by atoms with Crippen LogP contribution < -0.4 is 0 Å². The third kappa shape index (κ3) is 1.34. The fraction of sp³-hybridized carbons (Fsp3) is 0. The van der Waals surface area contributed by atoms with E-state index in [9.17, 15) is 4.79 Å². The third-order valence-corrected chi connectivity index (χ3v) is 2.48. The second kappa shape index (κ2) is 3.38. The van der Waals surface area contributed by atoms with Gasteiger partial charge in [-0.3, -0.25) is 4.79 Å². The summed E-state index contributed by atoms with van der Waals surface area (Å²) < 4.78 is 0. The molecule has 0 aromatic heterocycles. The van der Waals surface area contributed by atoms with Crippen LogP contribution in [0.4, 0.5) is 0 Å². The van der Waals surface area contributed by atoms with Crippen LogP contribution in [0.2, 0.25) is 0 Å². The molecule has 0 fully saturated rings. The summed E-state index contributed by atoms with van der Waals surface area (Å²) in [5.41, 5.74) is 1.52. The topological polar surface area (TPSA) is 29.5 Å². The van der Waals surface area contributed by atoms with Crippen LogP contribution in [0.15, 0.2) is 71.8 Å². The maximum absolute atomic E-state index is 11.6. The molecule has 0 atom stereocenters. The molecule has 3 heteroatoms. The highest BCUT2D eigenvalue weighted by Crippen LogP contribution is 2.28. The number of hydrogen-bond acceptors (Lipinski definition) is 3. The van der Waals surface area contributed by atoms with Crippen LogP contribution in [0, 0.1) is 0 Å². The van der Waals surface area contributed by atoms with Gasteiger partial charge < -0.3 is 4.84 Å². The Morgan fingerprint density at radius 2 is 1.81 bits per heavy atom. The van der Waals surface area contributed by atoms with E-state index in [-0.39, 0.29) is 5.78 Å². The molecule has 0 radical (unpaired) electrons. The van der Waals surface area contributed by atoms with Crippen LogP contribution in [0.1, 0.15) is 0 Å². The van der Waals surface area contributed by atoms with Gasteiger partial charge in [-0.25, -0.2) is 0 Å². The average Bonchev–Trinajstić information content (AvgIpc) is 2.73. The van der Waals surface area contributed by atoms with E-state index < -0.39 is 0 Å². The van der Waals surface area contributed by atoms with Crippen molar-refractivity contribution in [3.05, 3.63) is 71.8 Å². The predicted molar refractivity (Wildman–Crippen MR) is 59.6 cm³/mol. The molecular weight excluding hydrogens is 202 g/mol. The van der Waals surface area contributed by atoms with Gasteiger partial charge in [-0.2, -0.15) is 5.06 Å². The number of carbonyl (C=O) groups excluding carboxylic acids is 1. The fourth-order valence-corrected chi connectivity index (χ4v) is 1.70. The maximum atomic E-state index is 11.6. The first-order valence-corrected chi connectivity index (χ1v) is 5.02. The van der Waals surface area contributed by atoms with E-state index in [4.69, 9.17) is 4.84 Å². The van der Waals surface area contributed by atoms with Gasteiger partial charge in [0.1, 0.15) is 0 Å². The Hall–Kier alpha value is -2.29. The highest BCUT2D eigenvalue weighted by molar-refractivity contribution is 6.08. The van der Waals surface area contributed by atoms with Crippen LogP contribution in [0.5, 0.6) is 0 Å². The molecular formula is C13H9NO2. The molecule has 0 N–H and O–H groups in total. The van der Waals surface area contributed by atoms with Crippen molar-refractivity contribution in [3.8, 4) is 0 Å². The minimum absolute atomic E-state index is 0.0258. The van der Waals surface area contributed by atoms with E-state index >= 15 is 0 Å². The SMILES string of the molecule is O=C1C=CC=C/C1=C1/C=C2C=CC=CN2O1. The smallest absolute Gasteiger partial charge is 0.189 e. The maximum Gasteiger partial charge on any atom is 0.189 e. The summed E-state index contributed by atoms with van der Waals surface area (Å²) in [5.74, 6) is 0.568. The van der Waals surface area contributed by atoms with E-state index in [0.29, 0.717) is 11.3 Å². The predicted octanol–water partition coefficient (Wildman–Crippen LogP) is 2.15. The Labute approximate surface area is 93.0 Å². The zero-order valence-electron chi connectivity index (χ0n) is 8.46. The normalized spacial score (nSPS) is 25.9. The van der Waals surface area contributed by atoms with Gasteiger partial charge in [0.25, 0.3) is 0 Å². The first-order chi connectivity index (χ1) is 7.84. The Morgan fingerprint density at radius 1 is 1.00 bits per heavy atom. The molecule has 0 spiro atoms. The zero-order valence-corrected chi connectivity index (χ0v) is 8.46. The number of nitrogens with zero attached hydrogens (tertiary/aromatic N) is 1. The molecule has 2 heterocycles. The Kier molecular flexibility index (Phi) is 1.90. The number of carbonyl (C=O) groups is 1. The summed E-state index contributed by atoms with van der Waals surface area (Å²) in [7, 11) is 0. The van der Waals surface area contributed by atoms with Crippen LogP contribution in [0.3, 0.4) is 0 Å². The van der Waals surface area contributed by atoms with Crippen molar-refractivity contribution in [2.75, 3.05) is 0 Å². The minimum atomic E-state index is -0.0258. The lowest BCUT2D eigenvalue weighted by Crippen LogP contribution is -2.12. The number of fused-ring (bicyclic) bond motifs is 1. The average molecular weight is 211 g/mol. The van der Waals surface area contributed by atoms with E-state index in [0.717, 1.165) is 5.70 Å². The first kappa shape index (κ1) is 8.97. The lowest BCUT2D eigenvalue weighted by molar-refractivity contribution is -0.111. The number of hydrogen-bond donors (Lipinski definition) is 0. The summed E-state index contributed by atoms with van der Waals surface area (Å²) in [6, 6.07) is 0. The number of rotatable bonds is 0. The van der Waals surface area contributed by atoms with Crippen molar-refractivity contribution >= 4 is 5.78 Å². The standard InChI is InChI=1S/C13H9NO2/c15-12-7-2-1-6-11(12)13-9-10-5-3-4-8-14(10)16-13/h1-9H/b13-11+. The summed E-state index contributed by atoms with van der Waals surface area (Å²) in [4.78, 5) is 17.2. The molecule has 0 aromatic carbocycles. The van der Waals surface area contributed by atoms with Crippen LogP contribution >= 0.6 is 0 Å². The van der Waals surface area contributed by atoms with E-state index in [2.05, 4.69) is 0 Å². The number of allylic oxidation sites excluding steroid dienone is 9. The van der Waals surface area contributed by atoms with Crippen LogP contribution in [-0.2, 0) is 9.63 Å². The Morgan fingerprint density at radius 3 is 2.62 bits per heavy atom. The summed E-state index contributed by atoms with van der Waals surface area (Å²) in [5, 5.41) is 1.64. The summed E-state index contributed by atoms with van der Waals surface area (Å²) >= 11 is 0. The molecule has 3 aliphatic rings. The van der Waals surface area contributed by atoms with Crippen molar-refractivity contribution in [1.82, 2.24) is 5.06 Å². The molecule has 0 bridgehead atoms. The van der Waals surface area contributed by atoms with Gasteiger partial charge in [-0.15, -0.1) is 0 Å². The summed E-state index contributed by atoms with van der Waals surface area (Å²) in [6.07, 6.45) is 16.3. The molecule has 16 heavy (non-hydrogen) atoms. The molecule has 3 nitrogen and oxygen atoms in total. The number of ketones is 1. The van der Waals surface area contributed by atoms with Gasteiger partial charge in [-0.1, -0.05) is 18.2 Å². The van der Waals surface area contributed by atoms with Gasteiger partial charge in [0.15, 0.2) is 11.5 Å². The van der Waals surface area contributed by atoms with Crippen LogP contribution in [0.25, 0.3) is 0 Å². The van der Waals surface area contributed by atoms with Gasteiger partial charge >= 0.3 is 0 Å². The third-order valence-electron chi connectivity index (χ3n) is 2.48. The molecule has 1 aliphatic carbocycles.